The number of nitrogens with zero attached hydrogens (tertiary/aromatic N) is 4. The van der Waals surface area contributed by atoms with Crippen LogP contribution in [0.4, 0.5) is 11.6 Å². The first-order valence-electron chi connectivity index (χ1n) is 8.05. The molecule has 1 aromatic heterocycles. The number of rotatable bonds is 3. The Bertz CT molecular complexity index is 713. The van der Waals surface area contributed by atoms with E-state index in [9.17, 15) is 0 Å². The number of benzene rings is 1. The Kier molecular flexibility index (Phi) is 3.71. The molecule has 0 fully saturated rings. The van der Waals surface area contributed by atoms with Crippen molar-refractivity contribution in [1.29, 1.82) is 0 Å². The normalized spacial score (nSPS) is 19.2. The number of fused-ring (bicyclic) bond motifs is 4. The lowest BCUT2D eigenvalue weighted by Crippen LogP contribution is -2.40. The first kappa shape index (κ1) is 14.2. The van der Waals surface area contributed by atoms with Crippen molar-refractivity contribution in [1.82, 2.24) is 15.3 Å². The molecule has 5 heteroatoms. The van der Waals surface area contributed by atoms with Crippen molar-refractivity contribution in [3.05, 3.63) is 59.9 Å². The Labute approximate surface area is 136 Å². The number of hydrogen-bond donors (Lipinski definition) is 1. The summed E-state index contributed by atoms with van der Waals surface area (Å²) < 4.78 is 0. The molecule has 1 aromatic carbocycles. The van der Waals surface area contributed by atoms with Gasteiger partial charge in [0, 0.05) is 39.3 Å². The highest BCUT2D eigenvalue weighted by Gasteiger charge is 2.26. The Morgan fingerprint density at radius 2 is 2.13 bits per heavy atom. The summed E-state index contributed by atoms with van der Waals surface area (Å²) in [6.45, 7) is 3.54. The third-order valence-electron chi connectivity index (χ3n) is 4.48. The van der Waals surface area contributed by atoms with Gasteiger partial charge in [-0.25, -0.2) is 9.97 Å². The summed E-state index contributed by atoms with van der Waals surface area (Å²) in [5.41, 5.74) is 2.47. The number of hydrogen-bond acceptors (Lipinski definition) is 5. The molecule has 118 valence electrons. The van der Waals surface area contributed by atoms with Crippen LogP contribution in [-0.2, 0) is 13.1 Å². The second-order valence-corrected chi connectivity index (χ2v) is 6.16. The van der Waals surface area contributed by atoms with Crippen molar-refractivity contribution < 1.29 is 0 Å². The minimum absolute atomic E-state index is 0.394. The van der Waals surface area contributed by atoms with Crippen LogP contribution in [0.15, 0.2) is 48.8 Å². The Balaban J connectivity index is 1.66. The topological polar surface area (TPSA) is 44.3 Å². The van der Waals surface area contributed by atoms with Gasteiger partial charge in [0.1, 0.15) is 18.0 Å². The Morgan fingerprint density at radius 3 is 3.00 bits per heavy atom. The molecule has 0 spiro atoms. The van der Waals surface area contributed by atoms with E-state index in [2.05, 4.69) is 68.5 Å². The molecule has 1 atom stereocenters. The van der Waals surface area contributed by atoms with Gasteiger partial charge in [0.25, 0.3) is 0 Å². The molecule has 0 unspecified atom stereocenters. The molecular formula is C18H21N5. The number of anilines is 2. The minimum atomic E-state index is 0.394. The highest BCUT2D eigenvalue weighted by molar-refractivity contribution is 5.61. The van der Waals surface area contributed by atoms with E-state index in [0.29, 0.717) is 6.04 Å². The quantitative estimate of drug-likeness (QED) is 0.878. The first-order chi connectivity index (χ1) is 11.3. The van der Waals surface area contributed by atoms with Crippen molar-refractivity contribution in [2.24, 2.45) is 0 Å². The molecule has 2 aliphatic rings. The van der Waals surface area contributed by atoms with Gasteiger partial charge in [-0.1, -0.05) is 42.5 Å². The standard InChI is InChI=1S/C18H21N5/c1-22(11-14-6-3-2-4-7-14)17-16-10-19-15-8-5-9-23(12-15)18(16)21-13-20-17/h2-8,13,15,19H,9-12H2,1H3/t15-/m1/s1. The summed E-state index contributed by atoms with van der Waals surface area (Å²) >= 11 is 0. The van der Waals surface area contributed by atoms with Crippen LogP contribution in [0.5, 0.6) is 0 Å². The van der Waals surface area contributed by atoms with Crippen LogP contribution in [0.1, 0.15) is 11.1 Å². The van der Waals surface area contributed by atoms with Crippen LogP contribution < -0.4 is 15.1 Å². The monoisotopic (exact) mass is 307 g/mol. The van der Waals surface area contributed by atoms with E-state index in [0.717, 1.165) is 37.8 Å². The van der Waals surface area contributed by atoms with E-state index in [-0.39, 0.29) is 0 Å². The molecule has 2 aliphatic heterocycles. The minimum Gasteiger partial charge on any atom is -0.355 e. The zero-order valence-corrected chi connectivity index (χ0v) is 13.3. The summed E-state index contributed by atoms with van der Waals surface area (Å²) in [4.78, 5) is 13.7. The van der Waals surface area contributed by atoms with Crippen LogP contribution in [0, 0.1) is 0 Å². The highest BCUT2D eigenvalue weighted by Crippen LogP contribution is 2.29. The van der Waals surface area contributed by atoms with E-state index in [1.54, 1.807) is 6.33 Å². The molecule has 0 aliphatic carbocycles. The summed E-state index contributed by atoms with van der Waals surface area (Å²) in [7, 11) is 2.10. The molecule has 0 saturated carbocycles. The van der Waals surface area contributed by atoms with Gasteiger partial charge in [0.05, 0.1) is 5.56 Å². The third-order valence-corrected chi connectivity index (χ3v) is 4.48. The van der Waals surface area contributed by atoms with Crippen LogP contribution in [0.3, 0.4) is 0 Å². The highest BCUT2D eigenvalue weighted by atomic mass is 15.3. The van der Waals surface area contributed by atoms with Crippen molar-refractivity contribution >= 4 is 11.6 Å². The Hall–Kier alpha value is -2.40. The largest absolute Gasteiger partial charge is 0.355 e. The van der Waals surface area contributed by atoms with E-state index in [1.807, 2.05) is 6.07 Å². The van der Waals surface area contributed by atoms with Gasteiger partial charge in [-0.15, -0.1) is 0 Å². The number of nitrogens with one attached hydrogen (secondary N) is 1. The van der Waals surface area contributed by atoms with Gasteiger partial charge >= 0.3 is 0 Å². The molecule has 1 N–H and O–H groups in total. The molecule has 2 bridgehead atoms. The molecule has 0 radical (unpaired) electrons. The average molecular weight is 307 g/mol. The van der Waals surface area contributed by atoms with Crippen LogP contribution in [0.2, 0.25) is 0 Å². The average Bonchev–Trinajstić information content (AvgIpc) is 2.72. The van der Waals surface area contributed by atoms with E-state index in [1.165, 1.54) is 11.1 Å². The molecule has 23 heavy (non-hydrogen) atoms. The van der Waals surface area contributed by atoms with Crippen LogP contribution in [0.25, 0.3) is 0 Å². The fourth-order valence-electron chi connectivity index (χ4n) is 3.35. The molecule has 4 rings (SSSR count). The van der Waals surface area contributed by atoms with E-state index < -0.39 is 0 Å². The first-order valence-corrected chi connectivity index (χ1v) is 8.05. The van der Waals surface area contributed by atoms with Crippen molar-refractivity contribution in [2.45, 2.75) is 19.1 Å². The van der Waals surface area contributed by atoms with Gasteiger partial charge in [-0.05, 0) is 5.56 Å². The maximum absolute atomic E-state index is 4.57. The maximum Gasteiger partial charge on any atom is 0.138 e. The lowest BCUT2D eigenvalue weighted by molar-refractivity contribution is 0.589. The van der Waals surface area contributed by atoms with E-state index in [4.69, 9.17) is 0 Å². The van der Waals surface area contributed by atoms with Gasteiger partial charge < -0.3 is 15.1 Å². The van der Waals surface area contributed by atoms with Gasteiger partial charge in [0.15, 0.2) is 0 Å². The fraction of sp³-hybridized carbons (Fsp3) is 0.333. The lowest BCUT2D eigenvalue weighted by Gasteiger charge is -2.28. The molecule has 0 amide bonds. The predicted octanol–water partition coefficient (Wildman–Crippen LogP) is 1.96. The molecule has 2 aromatic rings. The smallest absolute Gasteiger partial charge is 0.138 e. The maximum atomic E-state index is 4.57. The van der Waals surface area contributed by atoms with Gasteiger partial charge in [0.2, 0.25) is 0 Å². The summed E-state index contributed by atoms with van der Waals surface area (Å²) in [6, 6.07) is 10.9. The Morgan fingerprint density at radius 1 is 1.26 bits per heavy atom. The third kappa shape index (κ3) is 2.80. The summed E-state index contributed by atoms with van der Waals surface area (Å²) in [5, 5.41) is 3.59. The van der Waals surface area contributed by atoms with Crippen molar-refractivity contribution in [3.63, 3.8) is 0 Å². The molecular weight excluding hydrogens is 286 g/mol. The van der Waals surface area contributed by atoms with Crippen LogP contribution >= 0.6 is 0 Å². The second kappa shape index (κ2) is 6.01. The van der Waals surface area contributed by atoms with Gasteiger partial charge in [-0.2, -0.15) is 0 Å². The zero-order valence-electron chi connectivity index (χ0n) is 13.3. The molecule has 0 saturated heterocycles. The van der Waals surface area contributed by atoms with Crippen LogP contribution in [-0.4, -0.2) is 36.1 Å². The fourth-order valence-corrected chi connectivity index (χ4v) is 3.35. The molecule has 3 heterocycles. The zero-order chi connectivity index (χ0) is 15.6. The predicted molar refractivity (Wildman–Crippen MR) is 92.6 cm³/mol. The van der Waals surface area contributed by atoms with E-state index >= 15 is 0 Å². The lowest BCUT2D eigenvalue weighted by atomic mass is 10.2. The number of aromatic nitrogens is 2. The molecule has 5 nitrogen and oxygen atoms in total. The summed E-state index contributed by atoms with van der Waals surface area (Å²) in [6.07, 6.45) is 6.16. The van der Waals surface area contributed by atoms with Crippen molar-refractivity contribution in [3.8, 4) is 0 Å². The van der Waals surface area contributed by atoms with Gasteiger partial charge in [-0.3, -0.25) is 0 Å². The summed E-state index contributed by atoms with van der Waals surface area (Å²) in [5.74, 6) is 2.08. The SMILES string of the molecule is CN(Cc1ccccc1)c1ncnc2c1CN[C@@H]1C=CCN2C1. The van der Waals surface area contributed by atoms with Crippen molar-refractivity contribution in [2.75, 3.05) is 29.9 Å². The second-order valence-electron chi connectivity index (χ2n) is 6.16.